The van der Waals surface area contributed by atoms with Crippen molar-refractivity contribution < 1.29 is 23.0 Å². The second-order valence-corrected chi connectivity index (χ2v) is 8.55. The fourth-order valence-corrected chi connectivity index (χ4v) is 4.46. The molecule has 4 rings (SSSR count). The van der Waals surface area contributed by atoms with Gasteiger partial charge in [0.05, 0.1) is 11.3 Å². The molecule has 2 aromatic carbocycles. The minimum atomic E-state index is -0.692. The molecule has 3 aromatic rings. The second-order valence-electron chi connectivity index (χ2n) is 7.55. The Morgan fingerprint density at radius 2 is 2.03 bits per heavy atom. The topological polar surface area (TPSA) is 51.7 Å². The van der Waals surface area contributed by atoms with Crippen molar-refractivity contribution in [2.75, 3.05) is 19.7 Å². The van der Waals surface area contributed by atoms with Crippen molar-refractivity contribution in [1.29, 1.82) is 0 Å². The molecule has 2 heterocycles. The van der Waals surface area contributed by atoms with Crippen LogP contribution in [-0.2, 0) is 0 Å². The largest absolute Gasteiger partial charge is 0.494 e. The molecule has 0 bridgehead atoms. The van der Waals surface area contributed by atoms with Crippen LogP contribution < -0.4 is 9.47 Å². The number of aromatic nitrogens is 1. The lowest BCUT2D eigenvalue weighted by atomic mass is 10.1. The molecule has 0 saturated carbocycles. The van der Waals surface area contributed by atoms with Crippen LogP contribution in [0.25, 0.3) is 10.2 Å². The smallest absolute Gasteiger partial charge is 0.274 e. The monoisotopic (exact) mass is 446 g/mol. The molecule has 31 heavy (non-hydrogen) atoms. The molecule has 0 aliphatic carbocycles. The number of amides is 1. The summed E-state index contributed by atoms with van der Waals surface area (Å²) in [5.41, 5.74) is 0.729. The number of likely N-dealkylation sites (tertiary alicyclic amines) is 1. The molecule has 0 spiro atoms. The van der Waals surface area contributed by atoms with E-state index in [0.717, 1.165) is 30.2 Å². The maximum Gasteiger partial charge on any atom is 0.274 e. The van der Waals surface area contributed by atoms with E-state index in [-0.39, 0.29) is 17.5 Å². The number of hydrogen-bond donors (Lipinski definition) is 0. The van der Waals surface area contributed by atoms with E-state index in [9.17, 15) is 13.6 Å². The molecule has 8 heteroatoms. The normalized spacial score (nSPS) is 14.7. The first kappa shape index (κ1) is 21.5. The molecular weight excluding hydrogens is 422 g/mol. The highest BCUT2D eigenvalue weighted by Crippen LogP contribution is 2.32. The van der Waals surface area contributed by atoms with E-state index in [1.54, 1.807) is 17.0 Å². The molecular formula is C23H24F2N2O3S. The van der Waals surface area contributed by atoms with Crippen LogP contribution in [0.3, 0.4) is 0 Å². The highest BCUT2D eigenvalue weighted by atomic mass is 32.1. The number of thiazole rings is 1. The Labute approximate surface area is 183 Å². The fraction of sp³-hybridized carbons (Fsp3) is 0.391. The molecule has 0 N–H and O–H groups in total. The number of benzene rings is 2. The van der Waals surface area contributed by atoms with Crippen molar-refractivity contribution in [3.63, 3.8) is 0 Å². The first-order chi connectivity index (χ1) is 15.0. The summed E-state index contributed by atoms with van der Waals surface area (Å²) in [6.07, 6.45) is 3.19. The van der Waals surface area contributed by atoms with Gasteiger partial charge in [0.1, 0.15) is 23.2 Å². The zero-order chi connectivity index (χ0) is 21.8. The minimum absolute atomic E-state index is 0.0306. The number of hydrogen-bond acceptors (Lipinski definition) is 5. The third-order valence-corrected chi connectivity index (χ3v) is 6.13. The van der Waals surface area contributed by atoms with E-state index in [0.29, 0.717) is 53.7 Å². The summed E-state index contributed by atoms with van der Waals surface area (Å²) in [5.74, 6) is -0.650. The molecule has 1 fully saturated rings. The second kappa shape index (κ2) is 9.60. The van der Waals surface area contributed by atoms with Gasteiger partial charge in [0.25, 0.3) is 11.1 Å². The van der Waals surface area contributed by atoms with Crippen LogP contribution in [0.2, 0.25) is 0 Å². The zero-order valence-electron chi connectivity index (χ0n) is 17.3. The number of halogens is 2. The van der Waals surface area contributed by atoms with Gasteiger partial charge in [0, 0.05) is 37.6 Å². The van der Waals surface area contributed by atoms with Crippen molar-refractivity contribution >= 4 is 27.5 Å². The van der Waals surface area contributed by atoms with E-state index < -0.39 is 11.6 Å². The third kappa shape index (κ3) is 5.12. The van der Waals surface area contributed by atoms with Crippen LogP contribution in [0.1, 0.15) is 43.0 Å². The van der Waals surface area contributed by atoms with Crippen LogP contribution in [0, 0.1) is 11.6 Å². The summed E-state index contributed by atoms with van der Waals surface area (Å²) >= 11 is 1.13. The standard InChI is InChI=1S/C23H24F2N2O3S/c1-2-3-11-29-18-6-4-5-15(12-18)22(28)27-9-7-17(8-10-27)30-23-26-21-19(25)13-16(24)14-20(21)31-23/h4-6,12-14,17H,2-3,7-11H2,1H3. The van der Waals surface area contributed by atoms with Crippen molar-refractivity contribution in [3.05, 3.63) is 53.6 Å². The van der Waals surface area contributed by atoms with Gasteiger partial charge in [-0.05, 0) is 30.7 Å². The maximum absolute atomic E-state index is 13.9. The predicted molar refractivity (Wildman–Crippen MR) is 116 cm³/mol. The summed E-state index contributed by atoms with van der Waals surface area (Å²) in [5, 5.41) is 0.321. The number of carbonyl (C=O) groups excluding carboxylic acids is 1. The van der Waals surface area contributed by atoms with E-state index in [2.05, 4.69) is 11.9 Å². The summed E-state index contributed by atoms with van der Waals surface area (Å²) in [6.45, 7) is 3.85. The molecule has 1 amide bonds. The quantitative estimate of drug-likeness (QED) is 0.454. The lowest BCUT2D eigenvalue weighted by Crippen LogP contribution is -2.41. The van der Waals surface area contributed by atoms with Gasteiger partial charge in [-0.1, -0.05) is 30.7 Å². The number of rotatable bonds is 7. The number of carbonyl (C=O) groups is 1. The average Bonchev–Trinajstić information content (AvgIpc) is 3.17. The number of fused-ring (bicyclic) bond motifs is 1. The average molecular weight is 447 g/mol. The van der Waals surface area contributed by atoms with Gasteiger partial charge in [0.2, 0.25) is 0 Å². The van der Waals surface area contributed by atoms with E-state index >= 15 is 0 Å². The van der Waals surface area contributed by atoms with Gasteiger partial charge < -0.3 is 14.4 Å². The molecule has 1 saturated heterocycles. The van der Waals surface area contributed by atoms with Gasteiger partial charge in [0.15, 0.2) is 5.82 Å². The van der Waals surface area contributed by atoms with Gasteiger partial charge in [-0.15, -0.1) is 0 Å². The minimum Gasteiger partial charge on any atom is -0.494 e. The number of piperidine rings is 1. The van der Waals surface area contributed by atoms with Crippen molar-refractivity contribution in [3.8, 4) is 10.9 Å². The Morgan fingerprint density at radius 1 is 1.23 bits per heavy atom. The van der Waals surface area contributed by atoms with Gasteiger partial charge in [-0.25, -0.2) is 8.78 Å². The van der Waals surface area contributed by atoms with Crippen LogP contribution in [0.4, 0.5) is 8.78 Å². The third-order valence-electron chi connectivity index (χ3n) is 5.24. The zero-order valence-corrected chi connectivity index (χ0v) is 18.1. The lowest BCUT2D eigenvalue weighted by Gasteiger charge is -2.31. The molecule has 0 radical (unpaired) electrons. The molecule has 5 nitrogen and oxygen atoms in total. The first-order valence-electron chi connectivity index (χ1n) is 10.5. The number of unbranched alkanes of at least 4 members (excludes halogenated alkanes) is 1. The molecule has 1 aromatic heterocycles. The fourth-order valence-electron chi connectivity index (χ4n) is 3.54. The number of nitrogens with zero attached hydrogens (tertiary/aromatic N) is 2. The Balaban J connectivity index is 1.34. The highest BCUT2D eigenvalue weighted by molar-refractivity contribution is 7.20. The van der Waals surface area contributed by atoms with Crippen LogP contribution in [-0.4, -0.2) is 41.6 Å². The van der Waals surface area contributed by atoms with Crippen molar-refractivity contribution in [2.45, 2.75) is 38.7 Å². The SMILES string of the molecule is CCCCOc1cccc(C(=O)N2CCC(Oc3nc4c(F)cc(F)cc4s3)CC2)c1. The van der Waals surface area contributed by atoms with Crippen molar-refractivity contribution in [2.24, 2.45) is 0 Å². The van der Waals surface area contributed by atoms with Crippen LogP contribution >= 0.6 is 11.3 Å². The van der Waals surface area contributed by atoms with Gasteiger partial charge in [-0.3, -0.25) is 4.79 Å². The van der Waals surface area contributed by atoms with Gasteiger partial charge >= 0.3 is 0 Å². The lowest BCUT2D eigenvalue weighted by molar-refractivity contribution is 0.0595. The number of ether oxygens (including phenoxy) is 2. The molecule has 0 atom stereocenters. The van der Waals surface area contributed by atoms with E-state index in [1.165, 1.54) is 6.07 Å². The van der Waals surface area contributed by atoms with Gasteiger partial charge in [-0.2, -0.15) is 4.98 Å². The molecule has 0 unspecified atom stereocenters. The van der Waals surface area contributed by atoms with Crippen molar-refractivity contribution in [1.82, 2.24) is 9.88 Å². The molecule has 1 aliphatic rings. The van der Waals surface area contributed by atoms with E-state index in [1.807, 2.05) is 12.1 Å². The Kier molecular flexibility index (Phi) is 6.65. The highest BCUT2D eigenvalue weighted by Gasteiger charge is 2.26. The van der Waals surface area contributed by atoms with E-state index in [4.69, 9.17) is 9.47 Å². The predicted octanol–water partition coefficient (Wildman–Crippen LogP) is 5.44. The Bertz CT molecular complexity index is 1060. The van der Waals surface area contributed by atoms with Crippen LogP contribution in [0.5, 0.6) is 10.9 Å². The summed E-state index contributed by atoms with van der Waals surface area (Å²) in [7, 11) is 0. The van der Waals surface area contributed by atoms with Crippen LogP contribution in [0.15, 0.2) is 36.4 Å². The summed E-state index contributed by atoms with van der Waals surface area (Å²) in [6, 6.07) is 9.35. The summed E-state index contributed by atoms with van der Waals surface area (Å²) < 4.78 is 39.3. The summed E-state index contributed by atoms with van der Waals surface area (Å²) in [4.78, 5) is 18.8. The Morgan fingerprint density at radius 3 is 2.81 bits per heavy atom. The Hall–Kier alpha value is -2.74. The molecule has 1 aliphatic heterocycles. The maximum atomic E-state index is 13.9. The first-order valence-corrected chi connectivity index (χ1v) is 11.3. The molecule has 164 valence electrons.